The van der Waals surface area contributed by atoms with Gasteiger partial charge in [0.1, 0.15) is 0 Å². The van der Waals surface area contributed by atoms with Gasteiger partial charge in [-0.15, -0.1) is 0 Å². The second-order valence-corrected chi connectivity index (χ2v) is 5.58. The molecule has 1 aromatic heterocycles. The van der Waals surface area contributed by atoms with Gasteiger partial charge in [0, 0.05) is 30.2 Å². The number of nitrogens with zero attached hydrogens (tertiary/aromatic N) is 3. The first-order chi connectivity index (χ1) is 9.28. The van der Waals surface area contributed by atoms with Gasteiger partial charge in [0.05, 0.1) is 11.6 Å². The van der Waals surface area contributed by atoms with Gasteiger partial charge in [0.2, 0.25) is 0 Å². The molecule has 0 aliphatic carbocycles. The van der Waals surface area contributed by atoms with Crippen molar-refractivity contribution in [2.75, 3.05) is 6.54 Å². The minimum atomic E-state index is 0.201. The molecular formula is C16H15N3. The van der Waals surface area contributed by atoms with E-state index >= 15 is 0 Å². The Morgan fingerprint density at radius 1 is 1.26 bits per heavy atom. The summed E-state index contributed by atoms with van der Waals surface area (Å²) in [5.41, 5.74) is 3.94. The summed E-state index contributed by atoms with van der Waals surface area (Å²) >= 11 is 0. The zero-order valence-electron chi connectivity index (χ0n) is 10.9. The van der Waals surface area contributed by atoms with Gasteiger partial charge in [0.25, 0.3) is 0 Å². The summed E-state index contributed by atoms with van der Waals surface area (Å²) < 4.78 is 2.28. The second kappa shape index (κ2) is 3.64. The molecule has 2 aromatic rings. The number of hydrogen-bond donors (Lipinski definition) is 0. The smallest absolute Gasteiger partial charge is 0.179 e. The molecular weight excluding hydrogens is 234 g/mol. The summed E-state index contributed by atoms with van der Waals surface area (Å²) in [6.45, 7) is 3.89. The van der Waals surface area contributed by atoms with Gasteiger partial charge < -0.3 is 9.47 Å². The second-order valence-electron chi connectivity index (χ2n) is 5.58. The first-order valence-electron chi connectivity index (χ1n) is 6.74. The van der Waals surface area contributed by atoms with Crippen LogP contribution >= 0.6 is 0 Å². The van der Waals surface area contributed by atoms with E-state index in [4.69, 9.17) is 0 Å². The predicted octanol–water partition coefficient (Wildman–Crippen LogP) is 2.84. The maximum Gasteiger partial charge on any atom is 0.179 e. The first-order valence-corrected chi connectivity index (χ1v) is 6.74. The molecule has 0 bridgehead atoms. The minimum Gasteiger partial charge on any atom is -0.345 e. The molecule has 19 heavy (non-hydrogen) atoms. The van der Waals surface area contributed by atoms with Crippen molar-refractivity contribution in [1.82, 2.24) is 9.47 Å². The fourth-order valence-corrected chi connectivity index (χ4v) is 3.49. The van der Waals surface area contributed by atoms with Crippen LogP contribution in [-0.2, 0) is 6.54 Å². The largest absolute Gasteiger partial charge is 0.345 e. The van der Waals surface area contributed by atoms with Crippen LogP contribution < -0.4 is 0 Å². The van der Waals surface area contributed by atoms with Crippen LogP contribution in [0.15, 0.2) is 36.5 Å². The van der Waals surface area contributed by atoms with E-state index in [2.05, 4.69) is 54.2 Å². The molecule has 2 aliphatic heterocycles. The zero-order chi connectivity index (χ0) is 13.0. The Balaban J connectivity index is 2.00. The van der Waals surface area contributed by atoms with Crippen LogP contribution in [0.25, 0.3) is 16.5 Å². The molecule has 2 atom stereocenters. The van der Waals surface area contributed by atoms with Crippen LogP contribution in [0.3, 0.4) is 0 Å². The number of aromatic nitrogens is 1. The van der Waals surface area contributed by atoms with Crippen molar-refractivity contribution >= 4 is 16.5 Å². The van der Waals surface area contributed by atoms with E-state index in [9.17, 15) is 5.26 Å². The summed E-state index contributed by atoms with van der Waals surface area (Å²) in [7, 11) is 0. The molecule has 2 aliphatic rings. The van der Waals surface area contributed by atoms with Gasteiger partial charge >= 0.3 is 0 Å². The topological polar surface area (TPSA) is 32.0 Å². The molecule has 4 rings (SSSR count). The van der Waals surface area contributed by atoms with Crippen molar-refractivity contribution < 1.29 is 0 Å². The molecule has 3 heterocycles. The highest BCUT2D eigenvalue weighted by Crippen LogP contribution is 2.38. The summed E-state index contributed by atoms with van der Waals surface area (Å²) in [5.74, 6) is 0.433. The summed E-state index contributed by atoms with van der Waals surface area (Å²) in [4.78, 5) is 1.93. The van der Waals surface area contributed by atoms with Crippen molar-refractivity contribution in [3.05, 3.63) is 42.1 Å². The lowest BCUT2D eigenvalue weighted by atomic mass is 9.86. The number of para-hydroxylation sites is 1. The lowest BCUT2D eigenvalue weighted by Crippen LogP contribution is -2.43. The Morgan fingerprint density at radius 3 is 3.00 bits per heavy atom. The molecule has 3 nitrogen and oxygen atoms in total. The highest BCUT2D eigenvalue weighted by Gasteiger charge is 2.33. The van der Waals surface area contributed by atoms with E-state index in [1.807, 2.05) is 4.90 Å². The van der Waals surface area contributed by atoms with Gasteiger partial charge in [-0.3, -0.25) is 0 Å². The average molecular weight is 249 g/mol. The highest BCUT2D eigenvalue weighted by atomic mass is 15.2. The van der Waals surface area contributed by atoms with E-state index in [1.54, 1.807) is 0 Å². The number of rotatable bonds is 0. The third-order valence-electron chi connectivity index (χ3n) is 4.28. The Labute approximate surface area is 112 Å². The summed E-state index contributed by atoms with van der Waals surface area (Å²) in [6.07, 6.45) is 6.86. The molecule has 94 valence electrons. The number of benzene rings is 1. The molecule has 0 spiro atoms. The fourth-order valence-electron chi connectivity index (χ4n) is 3.49. The molecule has 0 unspecified atom stereocenters. The molecule has 1 aromatic carbocycles. The van der Waals surface area contributed by atoms with Gasteiger partial charge in [-0.2, -0.15) is 5.26 Å². The average Bonchev–Trinajstić information content (AvgIpc) is 2.84. The van der Waals surface area contributed by atoms with E-state index in [1.165, 1.54) is 22.0 Å². The summed E-state index contributed by atoms with van der Waals surface area (Å²) in [6, 6.07) is 8.82. The van der Waals surface area contributed by atoms with Gasteiger partial charge in [-0.05, 0) is 17.6 Å². The normalized spacial score (nSPS) is 24.8. The fraction of sp³-hybridized carbons (Fsp3) is 0.312. The standard InChI is InChI=1S/C16H15N3/c1-11-7-14-13-4-2-3-12-5-6-18(16(12)13)9-15(14)19(8-11)10-17/h2-7,11,15H,8-9H2,1H3/t11-,15-/m1/s1. The Kier molecular flexibility index (Phi) is 2.05. The minimum absolute atomic E-state index is 0.201. The monoisotopic (exact) mass is 249 g/mol. The van der Waals surface area contributed by atoms with Crippen molar-refractivity contribution in [3.63, 3.8) is 0 Å². The quantitative estimate of drug-likeness (QED) is 0.672. The third kappa shape index (κ3) is 1.37. The Bertz CT molecular complexity index is 732. The highest BCUT2D eigenvalue weighted by molar-refractivity contribution is 5.94. The molecule has 0 fully saturated rings. The molecule has 3 heteroatoms. The van der Waals surface area contributed by atoms with Crippen molar-refractivity contribution in [2.24, 2.45) is 5.92 Å². The predicted molar refractivity (Wildman–Crippen MR) is 75.2 cm³/mol. The first kappa shape index (κ1) is 10.7. The molecule has 0 amide bonds. The van der Waals surface area contributed by atoms with Crippen LogP contribution in [0.5, 0.6) is 0 Å². The van der Waals surface area contributed by atoms with Crippen LogP contribution in [0.4, 0.5) is 0 Å². The third-order valence-corrected chi connectivity index (χ3v) is 4.28. The van der Waals surface area contributed by atoms with E-state index < -0.39 is 0 Å². The number of fused-ring (bicyclic) bond motifs is 2. The Morgan fingerprint density at radius 2 is 2.16 bits per heavy atom. The number of hydrogen-bond acceptors (Lipinski definition) is 2. The molecule has 0 radical (unpaired) electrons. The van der Waals surface area contributed by atoms with Crippen LogP contribution in [-0.4, -0.2) is 22.1 Å². The number of nitriles is 1. The Hall–Kier alpha value is -2.21. The van der Waals surface area contributed by atoms with Gasteiger partial charge in [-0.1, -0.05) is 31.2 Å². The summed E-state index contributed by atoms with van der Waals surface area (Å²) in [5, 5.41) is 10.7. The maximum absolute atomic E-state index is 9.38. The van der Waals surface area contributed by atoms with Gasteiger partial charge in [-0.25, -0.2) is 0 Å². The lowest BCUT2D eigenvalue weighted by molar-refractivity contribution is 0.277. The van der Waals surface area contributed by atoms with Crippen molar-refractivity contribution in [3.8, 4) is 6.19 Å². The van der Waals surface area contributed by atoms with Crippen LogP contribution in [0, 0.1) is 17.4 Å². The van der Waals surface area contributed by atoms with E-state index in [-0.39, 0.29) is 6.04 Å². The van der Waals surface area contributed by atoms with Crippen LogP contribution in [0.1, 0.15) is 12.5 Å². The van der Waals surface area contributed by atoms with Crippen LogP contribution in [0.2, 0.25) is 0 Å². The van der Waals surface area contributed by atoms with Crippen molar-refractivity contribution in [2.45, 2.75) is 19.5 Å². The van der Waals surface area contributed by atoms with Crippen molar-refractivity contribution in [1.29, 1.82) is 5.26 Å². The van der Waals surface area contributed by atoms with E-state index in [0.717, 1.165) is 13.1 Å². The SMILES string of the molecule is C[C@@H]1C=C2c3cccc4ccn(c34)C[C@H]2N(C#N)C1. The molecule has 0 saturated carbocycles. The maximum atomic E-state index is 9.38. The molecule has 0 saturated heterocycles. The lowest BCUT2D eigenvalue weighted by Gasteiger charge is -2.38. The van der Waals surface area contributed by atoms with E-state index in [0.29, 0.717) is 5.92 Å². The van der Waals surface area contributed by atoms with Gasteiger partial charge in [0.15, 0.2) is 6.19 Å². The zero-order valence-corrected chi connectivity index (χ0v) is 10.9. The molecule has 0 N–H and O–H groups in total.